The number of rotatable bonds is 5. The average molecular weight is 311 g/mol. The Bertz CT molecular complexity index is 630. The molecule has 1 heterocycles. The Morgan fingerprint density at radius 3 is 2.71 bits per heavy atom. The van der Waals surface area contributed by atoms with Crippen LogP contribution in [0, 0.1) is 5.92 Å². The van der Waals surface area contributed by atoms with Crippen molar-refractivity contribution in [2.45, 2.75) is 24.8 Å². The van der Waals surface area contributed by atoms with Gasteiger partial charge in [-0.15, -0.1) is 0 Å². The number of likely N-dealkylation sites (N-methyl/N-ethyl adjacent to an activating group) is 1. The zero-order chi connectivity index (χ0) is 15.6. The van der Waals surface area contributed by atoms with Crippen molar-refractivity contribution in [2.75, 3.05) is 19.6 Å². The largest absolute Gasteiger partial charge is 0.366 e. The number of primary amides is 1. The summed E-state index contributed by atoms with van der Waals surface area (Å²) in [7, 11) is -3.65. The topological polar surface area (TPSA) is 92.5 Å². The fourth-order valence-corrected chi connectivity index (χ4v) is 3.94. The number of hydrogen-bond acceptors (Lipinski definition) is 4. The molecule has 7 heteroatoms. The van der Waals surface area contributed by atoms with E-state index in [-0.39, 0.29) is 22.4 Å². The molecule has 1 amide bonds. The Kier molecular flexibility index (Phi) is 4.65. The smallest absolute Gasteiger partial charge is 0.248 e. The van der Waals surface area contributed by atoms with Crippen molar-refractivity contribution in [2.24, 2.45) is 11.7 Å². The van der Waals surface area contributed by atoms with Crippen LogP contribution in [0.5, 0.6) is 0 Å². The summed E-state index contributed by atoms with van der Waals surface area (Å²) in [6.07, 6.45) is 0. The molecule has 116 valence electrons. The van der Waals surface area contributed by atoms with Crippen LogP contribution in [0.2, 0.25) is 0 Å². The number of nitrogens with two attached hydrogens (primary N) is 1. The summed E-state index contributed by atoms with van der Waals surface area (Å²) < 4.78 is 27.6. The summed E-state index contributed by atoms with van der Waals surface area (Å²) in [5.74, 6) is -0.391. The lowest BCUT2D eigenvalue weighted by Gasteiger charge is -2.17. The summed E-state index contributed by atoms with van der Waals surface area (Å²) in [4.78, 5) is 13.4. The second kappa shape index (κ2) is 6.13. The predicted octanol–water partition coefficient (Wildman–Crippen LogP) is 0.404. The van der Waals surface area contributed by atoms with Crippen LogP contribution in [-0.4, -0.2) is 44.9 Å². The normalized spacial score (nSPS) is 23.3. The van der Waals surface area contributed by atoms with Gasteiger partial charge in [-0.2, -0.15) is 0 Å². The van der Waals surface area contributed by atoms with Crippen LogP contribution in [0.4, 0.5) is 0 Å². The Hall–Kier alpha value is -1.44. The molecule has 6 nitrogen and oxygen atoms in total. The fraction of sp³-hybridized carbons (Fsp3) is 0.500. The highest BCUT2D eigenvalue weighted by Crippen LogP contribution is 2.19. The molecule has 1 aliphatic heterocycles. The number of hydrogen-bond donors (Lipinski definition) is 2. The van der Waals surface area contributed by atoms with Gasteiger partial charge in [0.2, 0.25) is 15.9 Å². The van der Waals surface area contributed by atoms with Gasteiger partial charge in [0.25, 0.3) is 0 Å². The molecular formula is C14H21N3O3S. The third-order valence-corrected chi connectivity index (χ3v) is 5.36. The van der Waals surface area contributed by atoms with Crippen molar-refractivity contribution < 1.29 is 13.2 Å². The molecule has 0 unspecified atom stereocenters. The van der Waals surface area contributed by atoms with E-state index >= 15 is 0 Å². The number of nitrogens with one attached hydrogen (secondary N) is 1. The summed E-state index contributed by atoms with van der Waals surface area (Å²) >= 11 is 0. The molecule has 0 aromatic heterocycles. The van der Waals surface area contributed by atoms with Crippen molar-refractivity contribution >= 4 is 15.9 Å². The van der Waals surface area contributed by atoms with Crippen LogP contribution in [0.25, 0.3) is 0 Å². The van der Waals surface area contributed by atoms with E-state index in [9.17, 15) is 13.2 Å². The quantitative estimate of drug-likeness (QED) is 0.823. The molecule has 1 aromatic carbocycles. The van der Waals surface area contributed by atoms with E-state index in [1.165, 1.54) is 24.3 Å². The lowest BCUT2D eigenvalue weighted by Crippen LogP contribution is -2.39. The Labute approximate surface area is 125 Å². The van der Waals surface area contributed by atoms with E-state index in [0.717, 1.165) is 13.1 Å². The summed E-state index contributed by atoms with van der Waals surface area (Å²) in [5, 5.41) is 0. The van der Waals surface area contributed by atoms with Crippen LogP contribution in [0.1, 0.15) is 24.2 Å². The molecule has 0 saturated carbocycles. The minimum Gasteiger partial charge on any atom is -0.366 e. The van der Waals surface area contributed by atoms with Crippen LogP contribution in [0.15, 0.2) is 29.2 Å². The van der Waals surface area contributed by atoms with Gasteiger partial charge in [-0.3, -0.25) is 4.79 Å². The van der Waals surface area contributed by atoms with E-state index in [1.807, 2.05) is 6.92 Å². The van der Waals surface area contributed by atoms with Crippen LogP contribution >= 0.6 is 0 Å². The monoisotopic (exact) mass is 311 g/mol. The molecular weight excluding hydrogens is 290 g/mol. The average Bonchev–Trinajstić information content (AvgIpc) is 2.79. The molecule has 0 spiro atoms. The van der Waals surface area contributed by atoms with E-state index in [4.69, 9.17) is 5.73 Å². The van der Waals surface area contributed by atoms with E-state index in [0.29, 0.717) is 6.54 Å². The fourth-order valence-electron chi connectivity index (χ4n) is 2.56. The first-order valence-electron chi connectivity index (χ1n) is 6.98. The van der Waals surface area contributed by atoms with Crippen molar-refractivity contribution in [1.29, 1.82) is 0 Å². The summed E-state index contributed by atoms with van der Waals surface area (Å²) in [5.41, 5.74) is 5.37. The number of carbonyl (C=O) groups is 1. The third kappa shape index (κ3) is 3.61. The third-order valence-electron chi connectivity index (χ3n) is 3.87. The van der Waals surface area contributed by atoms with Gasteiger partial charge < -0.3 is 10.6 Å². The molecule has 1 aromatic rings. The summed E-state index contributed by atoms with van der Waals surface area (Å²) in [6.45, 7) is 6.57. The highest BCUT2D eigenvalue weighted by molar-refractivity contribution is 7.89. The number of amides is 1. The first kappa shape index (κ1) is 15.9. The second-order valence-electron chi connectivity index (χ2n) is 5.45. The van der Waals surface area contributed by atoms with Crippen LogP contribution in [0.3, 0.4) is 0 Å². The van der Waals surface area contributed by atoms with Gasteiger partial charge in [0, 0.05) is 24.7 Å². The first-order chi connectivity index (χ1) is 9.83. The minimum atomic E-state index is -3.65. The van der Waals surface area contributed by atoms with Crippen molar-refractivity contribution in [3.8, 4) is 0 Å². The van der Waals surface area contributed by atoms with Crippen LogP contribution in [-0.2, 0) is 10.0 Å². The van der Waals surface area contributed by atoms with Gasteiger partial charge in [-0.25, -0.2) is 13.1 Å². The predicted molar refractivity (Wildman–Crippen MR) is 80.3 cm³/mol. The van der Waals surface area contributed by atoms with Crippen molar-refractivity contribution in [1.82, 2.24) is 9.62 Å². The van der Waals surface area contributed by atoms with Gasteiger partial charge in [0.05, 0.1) is 4.90 Å². The molecule has 1 aliphatic rings. The maximum atomic E-state index is 12.4. The van der Waals surface area contributed by atoms with Crippen molar-refractivity contribution in [3.05, 3.63) is 29.8 Å². The Balaban J connectivity index is 2.19. The van der Waals surface area contributed by atoms with Gasteiger partial charge in [-0.05, 0) is 30.7 Å². The number of likely N-dealkylation sites (tertiary alicyclic amines) is 1. The van der Waals surface area contributed by atoms with Crippen LogP contribution < -0.4 is 10.5 Å². The molecule has 21 heavy (non-hydrogen) atoms. The Morgan fingerprint density at radius 1 is 1.43 bits per heavy atom. The Morgan fingerprint density at radius 2 is 2.14 bits per heavy atom. The molecule has 1 fully saturated rings. The van der Waals surface area contributed by atoms with E-state index in [2.05, 4.69) is 16.5 Å². The molecule has 1 saturated heterocycles. The SMILES string of the molecule is CCN1C[C@@H](C)[C@H](NS(=O)(=O)c2cccc(C(N)=O)c2)C1. The molecule has 0 bridgehead atoms. The molecule has 3 N–H and O–H groups in total. The standard InChI is InChI=1S/C14H21N3O3S/c1-3-17-8-10(2)13(9-17)16-21(19,20)12-6-4-5-11(7-12)14(15)18/h4-7,10,13,16H,3,8-9H2,1-2H3,(H2,15,18)/t10-,13-/m1/s1. The number of sulfonamides is 1. The molecule has 0 radical (unpaired) electrons. The number of carbonyl (C=O) groups excluding carboxylic acids is 1. The second-order valence-corrected chi connectivity index (χ2v) is 7.16. The zero-order valence-corrected chi connectivity index (χ0v) is 13.1. The number of nitrogens with zero attached hydrogens (tertiary/aromatic N) is 1. The van der Waals surface area contributed by atoms with Gasteiger partial charge >= 0.3 is 0 Å². The van der Waals surface area contributed by atoms with Gasteiger partial charge in [-0.1, -0.05) is 19.9 Å². The lowest BCUT2D eigenvalue weighted by molar-refractivity contribution is 0.1000. The molecule has 0 aliphatic carbocycles. The number of benzene rings is 1. The molecule has 2 atom stereocenters. The highest BCUT2D eigenvalue weighted by atomic mass is 32.2. The van der Waals surface area contributed by atoms with E-state index < -0.39 is 15.9 Å². The van der Waals surface area contributed by atoms with Gasteiger partial charge in [0.15, 0.2) is 0 Å². The maximum Gasteiger partial charge on any atom is 0.248 e. The van der Waals surface area contributed by atoms with Crippen molar-refractivity contribution in [3.63, 3.8) is 0 Å². The molecule has 2 rings (SSSR count). The van der Waals surface area contributed by atoms with Gasteiger partial charge in [0.1, 0.15) is 0 Å². The highest BCUT2D eigenvalue weighted by Gasteiger charge is 2.32. The van der Waals surface area contributed by atoms with E-state index in [1.54, 1.807) is 0 Å². The maximum absolute atomic E-state index is 12.4. The zero-order valence-electron chi connectivity index (χ0n) is 12.2. The first-order valence-corrected chi connectivity index (χ1v) is 8.46. The summed E-state index contributed by atoms with van der Waals surface area (Å²) in [6, 6.07) is 5.67. The lowest BCUT2D eigenvalue weighted by atomic mass is 10.1. The minimum absolute atomic E-state index is 0.0703.